The van der Waals surface area contributed by atoms with Gasteiger partial charge in [0.25, 0.3) is 5.91 Å². The summed E-state index contributed by atoms with van der Waals surface area (Å²) in [4.78, 5) is 52.1. The molecule has 8 nitrogen and oxygen atoms in total. The minimum absolute atomic E-state index is 0.132. The number of hydrogen-bond donors (Lipinski definition) is 1. The maximum absolute atomic E-state index is 13.1. The zero-order valence-corrected chi connectivity index (χ0v) is 19.5. The van der Waals surface area contributed by atoms with E-state index in [2.05, 4.69) is 11.4 Å². The van der Waals surface area contributed by atoms with E-state index in [1.54, 1.807) is 36.4 Å². The topological polar surface area (TPSA) is 102 Å². The van der Waals surface area contributed by atoms with Crippen LogP contribution in [0.3, 0.4) is 0 Å². The maximum Gasteiger partial charge on any atom is 0.338 e. The third kappa shape index (κ3) is 3.99. The van der Waals surface area contributed by atoms with Crippen LogP contribution in [0.15, 0.2) is 60.2 Å². The molecule has 4 atom stereocenters. The van der Waals surface area contributed by atoms with Gasteiger partial charge in [-0.2, -0.15) is 0 Å². The minimum Gasteiger partial charge on any atom is -0.492 e. The van der Waals surface area contributed by atoms with Crippen LogP contribution < -0.4 is 15.0 Å². The first-order valence-corrected chi connectivity index (χ1v) is 11.7. The second-order valence-electron chi connectivity index (χ2n) is 9.08. The SMILES string of the molecule is CCOc1ccccc1NC(=O)COC(=O)c1ccc(N2C(=O)[C@H]3[C@H](C2=O)[C@H]2C=C(C)[C@H]3C2)cc1. The predicted octanol–water partition coefficient (Wildman–Crippen LogP) is 3.58. The van der Waals surface area contributed by atoms with Gasteiger partial charge in [0.2, 0.25) is 11.8 Å². The van der Waals surface area contributed by atoms with Crippen LogP contribution >= 0.6 is 0 Å². The van der Waals surface area contributed by atoms with Crippen molar-refractivity contribution < 1.29 is 28.7 Å². The molecule has 2 aliphatic carbocycles. The van der Waals surface area contributed by atoms with Crippen LogP contribution in [-0.4, -0.2) is 36.9 Å². The molecule has 5 rings (SSSR count). The zero-order chi connectivity index (χ0) is 24.7. The average Bonchev–Trinajstić information content (AvgIpc) is 3.49. The molecule has 0 radical (unpaired) electrons. The number of ether oxygens (including phenoxy) is 2. The van der Waals surface area contributed by atoms with Crippen molar-refractivity contribution in [2.24, 2.45) is 23.7 Å². The number of nitrogens with one attached hydrogen (secondary N) is 1. The Morgan fingerprint density at radius 1 is 1.03 bits per heavy atom. The molecule has 180 valence electrons. The highest BCUT2D eigenvalue weighted by Gasteiger charge is 2.60. The molecule has 2 aromatic rings. The predicted molar refractivity (Wildman–Crippen MR) is 128 cm³/mol. The molecular formula is C27H26N2O6. The van der Waals surface area contributed by atoms with Crippen LogP contribution in [0.4, 0.5) is 11.4 Å². The number of amides is 3. The number of anilines is 2. The molecule has 8 heteroatoms. The Kier molecular flexibility index (Phi) is 5.88. The largest absolute Gasteiger partial charge is 0.492 e. The summed E-state index contributed by atoms with van der Waals surface area (Å²) in [6, 6.07) is 13.1. The zero-order valence-electron chi connectivity index (χ0n) is 19.5. The highest BCUT2D eigenvalue weighted by molar-refractivity contribution is 6.23. The number of carbonyl (C=O) groups excluding carboxylic acids is 4. The van der Waals surface area contributed by atoms with Gasteiger partial charge in [-0.25, -0.2) is 4.79 Å². The fraction of sp³-hybridized carbons (Fsp3) is 0.333. The van der Waals surface area contributed by atoms with E-state index in [1.807, 2.05) is 13.8 Å². The third-order valence-corrected chi connectivity index (χ3v) is 7.04. The average molecular weight is 475 g/mol. The molecule has 0 spiro atoms. The molecule has 1 saturated carbocycles. The maximum atomic E-state index is 13.1. The molecule has 1 heterocycles. The molecular weight excluding hydrogens is 448 g/mol. The van der Waals surface area contributed by atoms with Gasteiger partial charge in [-0.05, 0) is 68.5 Å². The Morgan fingerprint density at radius 2 is 1.74 bits per heavy atom. The van der Waals surface area contributed by atoms with Gasteiger partial charge < -0.3 is 14.8 Å². The smallest absolute Gasteiger partial charge is 0.338 e. The summed E-state index contributed by atoms with van der Waals surface area (Å²) in [5.41, 5.74) is 2.34. The summed E-state index contributed by atoms with van der Waals surface area (Å²) >= 11 is 0. The highest BCUT2D eigenvalue weighted by atomic mass is 16.5. The van der Waals surface area contributed by atoms with Crippen LogP contribution in [0, 0.1) is 23.7 Å². The monoisotopic (exact) mass is 474 g/mol. The summed E-state index contributed by atoms with van der Waals surface area (Å²) in [6.07, 6.45) is 3.01. The molecule has 1 aliphatic heterocycles. The Bertz CT molecular complexity index is 1230. The summed E-state index contributed by atoms with van der Waals surface area (Å²) < 4.78 is 10.6. The second kappa shape index (κ2) is 9.02. The molecule has 1 N–H and O–H groups in total. The molecule has 2 aromatic carbocycles. The first-order valence-electron chi connectivity index (χ1n) is 11.7. The van der Waals surface area contributed by atoms with E-state index in [9.17, 15) is 19.2 Å². The number of rotatable bonds is 7. The van der Waals surface area contributed by atoms with E-state index < -0.39 is 18.5 Å². The fourth-order valence-corrected chi connectivity index (χ4v) is 5.53. The van der Waals surface area contributed by atoms with Gasteiger partial charge in [0.05, 0.1) is 35.4 Å². The van der Waals surface area contributed by atoms with Gasteiger partial charge in [0.15, 0.2) is 6.61 Å². The van der Waals surface area contributed by atoms with Gasteiger partial charge in [0.1, 0.15) is 5.75 Å². The van der Waals surface area contributed by atoms with Gasteiger partial charge in [-0.15, -0.1) is 0 Å². The standard InChI is InChI=1S/C27H26N2O6/c1-3-34-21-7-5-4-6-20(21)28-22(30)14-35-27(33)16-8-10-18(11-9-16)29-25(31)23-17-12-15(2)19(13-17)24(23)26(29)32/h4-12,17,19,23-24H,3,13-14H2,1-2H3,(H,28,30)/t17-,19+,23+,24+/m0/s1. The van der Waals surface area contributed by atoms with E-state index in [-0.39, 0.29) is 41.0 Å². The summed E-state index contributed by atoms with van der Waals surface area (Å²) in [5, 5.41) is 2.67. The number of benzene rings is 2. The number of esters is 1. The van der Waals surface area contributed by atoms with Crippen molar-refractivity contribution in [2.75, 3.05) is 23.4 Å². The van der Waals surface area contributed by atoms with Crippen LogP contribution in [0.1, 0.15) is 30.6 Å². The minimum atomic E-state index is -0.682. The van der Waals surface area contributed by atoms with Crippen LogP contribution in [0.5, 0.6) is 5.75 Å². The molecule has 0 unspecified atom stereocenters. The van der Waals surface area contributed by atoms with Gasteiger partial charge in [-0.3, -0.25) is 19.3 Å². The lowest BCUT2D eigenvalue weighted by atomic mass is 9.82. The molecule has 0 aromatic heterocycles. The van der Waals surface area contributed by atoms with Gasteiger partial charge in [0, 0.05) is 0 Å². The Labute approximate surface area is 202 Å². The first kappa shape index (κ1) is 22.8. The summed E-state index contributed by atoms with van der Waals surface area (Å²) in [7, 11) is 0. The molecule has 3 amide bonds. The first-order chi connectivity index (χ1) is 16.9. The van der Waals surface area contributed by atoms with Crippen molar-refractivity contribution >= 4 is 35.1 Å². The molecule has 2 bridgehead atoms. The number of nitrogens with zero attached hydrogens (tertiary/aromatic N) is 1. The number of hydrogen-bond acceptors (Lipinski definition) is 6. The molecule has 2 fully saturated rings. The number of fused-ring (bicyclic) bond motifs is 5. The molecule has 1 saturated heterocycles. The fourth-order valence-electron chi connectivity index (χ4n) is 5.53. The quantitative estimate of drug-likeness (QED) is 0.374. The van der Waals surface area contributed by atoms with Crippen molar-refractivity contribution in [1.29, 1.82) is 0 Å². The van der Waals surface area contributed by atoms with Crippen LogP contribution in [0.25, 0.3) is 0 Å². The Morgan fingerprint density at radius 3 is 2.49 bits per heavy atom. The van der Waals surface area contributed by atoms with Gasteiger partial charge in [-0.1, -0.05) is 23.8 Å². The number of imide groups is 1. The highest BCUT2D eigenvalue weighted by Crippen LogP contribution is 2.55. The second-order valence-corrected chi connectivity index (χ2v) is 9.08. The van der Waals surface area contributed by atoms with Crippen LogP contribution in [0.2, 0.25) is 0 Å². The van der Waals surface area contributed by atoms with Crippen molar-refractivity contribution in [2.45, 2.75) is 20.3 Å². The van der Waals surface area contributed by atoms with E-state index >= 15 is 0 Å². The Balaban J connectivity index is 1.20. The van der Waals surface area contributed by atoms with Crippen molar-refractivity contribution in [3.05, 3.63) is 65.7 Å². The van der Waals surface area contributed by atoms with Crippen molar-refractivity contribution in [1.82, 2.24) is 0 Å². The molecule has 35 heavy (non-hydrogen) atoms. The van der Waals surface area contributed by atoms with E-state index in [0.717, 1.165) is 6.42 Å². The van der Waals surface area contributed by atoms with Gasteiger partial charge >= 0.3 is 5.97 Å². The van der Waals surface area contributed by atoms with E-state index in [0.29, 0.717) is 23.7 Å². The lowest BCUT2D eigenvalue weighted by Crippen LogP contribution is -2.33. The van der Waals surface area contributed by atoms with Crippen molar-refractivity contribution in [3.8, 4) is 5.75 Å². The number of allylic oxidation sites excluding steroid dienone is 2. The van der Waals surface area contributed by atoms with Crippen LogP contribution in [-0.2, 0) is 19.1 Å². The Hall–Kier alpha value is -3.94. The van der Waals surface area contributed by atoms with Crippen molar-refractivity contribution in [3.63, 3.8) is 0 Å². The summed E-state index contributed by atoms with van der Waals surface area (Å²) in [6.45, 7) is 3.85. The van der Waals surface area contributed by atoms with E-state index in [4.69, 9.17) is 9.47 Å². The third-order valence-electron chi connectivity index (χ3n) is 7.04. The lowest BCUT2D eigenvalue weighted by Gasteiger charge is -2.19. The summed E-state index contributed by atoms with van der Waals surface area (Å²) in [5.74, 6) is -1.28. The molecule has 3 aliphatic rings. The lowest BCUT2D eigenvalue weighted by molar-refractivity contribution is -0.123. The number of carbonyl (C=O) groups is 4. The normalized spacial score (nSPS) is 24.3. The van der Waals surface area contributed by atoms with E-state index in [1.165, 1.54) is 22.6 Å². The number of para-hydroxylation sites is 2.